The van der Waals surface area contributed by atoms with Gasteiger partial charge in [0.05, 0.1) is 38.2 Å². The van der Waals surface area contributed by atoms with Gasteiger partial charge in [-0.1, -0.05) is 57.0 Å². The van der Waals surface area contributed by atoms with Crippen LogP contribution in [0.4, 0.5) is 0 Å². The minimum absolute atomic E-state index is 0.0986. The Morgan fingerprint density at radius 1 is 1.12 bits per heavy atom. The van der Waals surface area contributed by atoms with Gasteiger partial charge in [0.25, 0.3) is 0 Å². The monoisotopic (exact) mass is 458 g/mol. The second-order valence-electron chi connectivity index (χ2n) is 11.1. The summed E-state index contributed by atoms with van der Waals surface area (Å²) < 4.78 is 28.4. The largest absolute Gasteiger partial charge is 0.392 e. The zero-order valence-electron chi connectivity index (χ0n) is 20.3. The highest BCUT2D eigenvalue weighted by Gasteiger charge is 2.61. The zero-order chi connectivity index (χ0) is 23.3. The van der Waals surface area contributed by atoms with E-state index in [9.17, 15) is 13.5 Å². The van der Waals surface area contributed by atoms with Crippen LogP contribution in [-0.4, -0.2) is 56.3 Å². The average Bonchev–Trinajstić information content (AvgIpc) is 3.52. The molecular weight excluding hydrogens is 418 g/mol. The Bertz CT molecular complexity index is 1010. The SMILES string of the molecule is CCCC1CC1[C@]1(CC)CS(=O)(=O)C2CC=C([N+](C)(C)C)C=C2C(c2ccccc2)[C@H]1O. The molecule has 0 amide bonds. The van der Waals surface area contributed by atoms with Crippen LogP contribution in [0, 0.1) is 17.3 Å². The molecule has 1 saturated carbocycles. The summed E-state index contributed by atoms with van der Waals surface area (Å²) in [6.45, 7) is 4.28. The summed E-state index contributed by atoms with van der Waals surface area (Å²) in [5.41, 5.74) is 2.44. The summed E-state index contributed by atoms with van der Waals surface area (Å²) in [4.78, 5) is 0. The van der Waals surface area contributed by atoms with E-state index in [1.165, 1.54) is 0 Å². The van der Waals surface area contributed by atoms with Crippen molar-refractivity contribution in [1.82, 2.24) is 0 Å². The number of hydrogen-bond acceptors (Lipinski definition) is 3. The van der Waals surface area contributed by atoms with Crippen LogP contribution in [-0.2, 0) is 9.84 Å². The molecule has 0 aromatic heterocycles. The van der Waals surface area contributed by atoms with Crippen LogP contribution in [0.1, 0.15) is 57.4 Å². The van der Waals surface area contributed by atoms with E-state index < -0.39 is 26.6 Å². The van der Waals surface area contributed by atoms with Crippen LogP contribution < -0.4 is 0 Å². The fraction of sp³-hybridized carbons (Fsp3) is 0.630. The Kier molecular flexibility index (Phi) is 6.23. The predicted octanol–water partition coefficient (Wildman–Crippen LogP) is 4.68. The topological polar surface area (TPSA) is 54.4 Å². The van der Waals surface area contributed by atoms with Gasteiger partial charge in [0.2, 0.25) is 0 Å². The van der Waals surface area contributed by atoms with Gasteiger partial charge in [0, 0.05) is 11.3 Å². The van der Waals surface area contributed by atoms with Gasteiger partial charge in [0.15, 0.2) is 9.84 Å². The van der Waals surface area contributed by atoms with Crippen LogP contribution in [0.15, 0.2) is 53.8 Å². The number of rotatable bonds is 6. The normalized spacial score (nSPS) is 36.5. The molecule has 4 nitrogen and oxygen atoms in total. The van der Waals surface area contributed by atoms with Gasteiger partial charge in [-0.25, -0.2) is 8.42 Å². The third-order valence-electron chi connectivity index (χ3n) is 8.31. The van der Waals surface area contributed by atoms with Crippen molar-refractivity contribution in [1.29, 1.82) is 0 Å². The van der Waals surface area contributed by atoms with Crippen LogP contribution in [0.3, 0.4) is 0 Å². The van der Waals surface area contributed by atoms with Gasteiger partial charge in [-0.2, -0.15) is 0 Å². The maximum atomic E-state index is 13.9. The van der Waals surface area contributed by atoms with Gasteiger partial charge >= 0.3 is 0 Å². The molecule has 1 aromatic carbocycles. The van der Waals surface area contributed by atoms with E-state index >= 15 is 0 Å². The first-order valence-corrected chi connectivity index (χ1v) is 13.9. The fourth-order valence-electron chi connectivity index (χ4n) is 6.45. The Hall–Kier alpha value is -1.43. The van der Waals surface area contributed by atoms with E-state index in [4.69, 9.17) is 0 Å². The van der Waals surface area contributed by atoms with Crippen molar-refractivity contribution in [3.05, 3.63) is 59.3 Å². The minimum atomic E-state index is -3.41. The van der Waals surface area contributed by atoms with Gasteiger partial charge in [-0.15, -0.1) is 0 Å². The molecule has 3 aliphatic rings. The summed E-state index contributed by atoms with van der Waals surface area (Å²) in [6.07, 6.45) is 7.94. The molecule has 0 radical (unpaired) electrons. The summed E-state index contributed by atoms with van der Waals surface area (Å²) >= 11 is 0. The van der Waals surface area contributed by atoms with Crippen LogP contribution in [0.5, 0.6) is 0 Å². The Morgan fingerprint density at radius 3 is 2.41 bits per heavy atom. The standard InChI is InChI=1S/C27H40NO3S/c1-6-11-20-16-23(20)27(7-2)18-32(30,31)24-15-14-21(28(3,4)5)17-22(24)25(26(27)29)19-12-9-8-10-13-19/h8-10,12-14,17,20,23-26,29H,6-7,11,15-16,18H2,1-5H3/q+1/t20?,23?,24?,25?,26-,27+/m1/s1. The molecular formula is C27H40NO3S+. The number of allylic oxidation sites excluding steroid dienone is 2. The second kappa shape index (κ2) is 8.41. The smallest absolute Gasteiger partial charge is 0.157 e. The number of likely N-dealkylation sites (N-methyl/N-ethyl adjacent to an activating group) is 1. The molecule has 1 heterocycles. The number of quaternary nitrogens is 1. The molecule has 4 rings (SSSR count). The maximum Gasteiger partial charge on any atom is 0.157 e. The van der Waals surface area contributed by atoms with E-state index in [1.54, 1.807) is 0 Å². The number of aliphatic hydroxyl groups is 1. The molecule has 4 unspecified atom stereocenters. The average molecular weight is 459 g/mol. The summed E-state index contributed by atoms with van der Waals surface area (Å²) in [5.74, 6) is 0.628. The predicted molar refractivity (Wildman–Crippen MR) is 131 cm³/mol. The summed E-state index contributed by atoms with van der Waals surface area (Å²) in [7, 11) is 2.92. The molecule has 1 aromatic rings. The molecule has 5 heteroatoms. The molecule has 176 valence electrons. The maximum absolute atomic E-state index is 13.9. The first kappa shape index (κ1) is 23.7. The zero-order valence-corrected chi connectivity index (χ0v) is 21.1. The molecule has 0 bridgehead atoms. The lowest BCUT2D eigenvalue weighted by atomic mass is 9.67. The number of nitrogens with zero attached hydrogens (tertiary/aromatic N) is 1. The quantitative estimate of drug-likeness (QED) is 0.630. The van der Waals surface area contributed by atoms with E-state index in [-0.39, 0.29) is 17.6 Å². The Labute approximate surface area is 194 Å². The minimum Gasteiger partial charge on any atom is -0.392 e. The number of hydrogen-bond donors (Lipinski definition) is 1. The second-order valence-corrected chi connectivity index (χ2v) is 13.3. The molecule has 2 fully saturated rings. The highest BCUT2D eigenvalue weighted by molar-refractivity contribution is 7.92. The van der Waals surface area contributed by atoms with Gasteiger partial charge in [-0.05, 0) is 54.4 Å². The number of sulfone groups is 1. The number of fused-ring (bicyclic) bond motifs is 1. The highest BCUT2D eigenvalue weighted by Crippen LogP contribution is 2.61. The molecule has 0 spiro atoms. The van der Waals surface area contributed by atoms with Crippen molar-refractivity contribution in [2.75, 3.05) is 26.9 Å². The van der Waals surface area contributed by atoms with Crippen molar-refractivity contribution in [2.45, 2.75) is 63.2 Å². The third kappa shape index (κ3) is 4.01. The van der Waals surface area contributed by atoms with Crippen molar-refractivity contribution in [3.63, 3.8) is 0 Å². The molecule has 6 atom stereocenters. The lowest BCUT2D eigenvalue weighted by Gasteiger charge is -2.40. The van der Waals surface area contributed by atoms with Crippen molar-refractivity contribution >= 4 is 9.84 Å². The van der Waals surface area contributed by atoms with Crippen molar-refractivity contribution in [2.24, 2.45) is 17.3 Å². The highest BCUT2D eigenvalue weighted by atomic mass is 32.2. The van der Waals surface area contributed by atoms with E-state index in [2.05, 4.69) is 59.3 Å². The number of benzene rings is 1. The Morgan fingerprint density at radius 2 is 1.81 bits per heavy atom. The van der Waals surface area contributed by atoms with Gasteiger partial charge < -0.3 is 5.11 Å². The molecule has 1 N–H and O–H groups in total. The lowest BCUT2D eigenvalue weighted by Crippen LogP contribution is -2.44. The first-order valence-electron chi connectivity index (χ1n) is 12.2. The van der Waals surface area contributed by atoms with Crippen LogP contribution >= 0.6 is 0 Å². The summed E-state index contributed by atoms with van der Waals surface area (Å²) in [6, 6.07) is 10.1. The van der Waals surface area contributed by atoms with Crippen LogP contribution in [0.2, 0.25) is 0 Å². The van der Waals surface area contributed by atoms with E-state index in [1.807, 2.05) is 18.2 Å². The van der Waals surface area contributed by atoms with Crippen molar-refractivity contribution in [3.8, 4) is 0 Å². The Balaban J connectivity index is 1.90. The van der Waals surface area contributed by atoms with Gasteiger partial charge in [0.1, 0.15) is 5.70 Å². The van der Waals surface area contributed by atoms with Crippen molar-refractivity contribution < 1.29 is 18.0 Å². The van der Waals surface area contributed by atoms with Crippen LogP contribution in [0.25, 0.3) is 0 Å². The first-order chi connectivity index (χ1) is 15.0. The lowest BCUT2D eigenvalue weighted by molar-refractivity contribution is -0.828. The number of aliphatic hydroxyl groups excluding tert-OH is 1. The fourth-order valence-corrected chi connectivity index (χ4v) is 9.01. The van der Waals surface area contributed by atoms with Gasteiger partial charge in [-0.3, -0.25) is 4.48 Å². The molecule has 1 aliphatic heterocycles. The van der Waals surface area contributed by atoms with E-state index in [0.29, 0.717) is 23.2 Å². The van der Waals surface area contributed by atoms with E-state index in [0.717, 1.165) is 36.1 Å². The summed E-state index contributed by atoms with van der Waals surface area (Å²) in [5, 5.41) is 11.6. The third-order valence-corrected chi connectivity index (χ3v) is 10.6. The molecule has 2 aliphatic carbocycles. The molecule has 1 saturated heterocycles. The molecule has 32 heavy (non-hydrogen) atoms.